The van der Waals surface area contributed by atoms with Crippen molar-refractivity contribution in [1.29, 1.82) is 0 Å². The van der Waals surface area contributed by atoms with Crippen LogP contribution in [0.1, 0.15) is 50.8 Å². The lowest BCUT2D eigenvalue weighted by molar-refractivity contribution is 0.162. The van der Waals surface area contributed by atoms with Crippen LogP contribution in [0, 0.1) is 12.8 Å². The van der Waals surface area contributed by atoms with E-state index in [1.54, 1.807) is 0 Å². The molecule has 0 aliphatic heterocycles. The average Bonchev–Trinajstić information content (AvgIpc) is 2.31. The highest BCUT2D eigenvalue weighted by molar-refractivity contribution is 5.24. The molecule has 0 aliphatic carbocycles. The molecule has 0 saturated carbocycles. The van der Waals surface area contributed by atoms with E-state index in [9.17, 15) is 5.11 Å². The number of benzene rings is 1. The van der Waals surface area contributed by atoms with Gasteiger partial charge in [-0.05, 0) is 44.7 Å². The lowest BCUT2D eigenvalue weighted by atomic mass is 10.0. The fourth-order valence-corrected chi connectivity index (χ4v) is 2.31. The molecule has 1 aromatic carbocycles. The van der Waals surface area contributed by atoms with Gasteiger partial charge in [-0.15, -0.1) is 0 Å². The quantitative estimate of drug-likeness (QED) is 0.776. The molecule has 1 rings (SSSR count). The highest BCUT2D eigenvalue weighted by Gasteiger charge is 2.11. The van der Waals surface area contributed by atoms with E-state index in [0.717, 1.165) is 19.4 Å². The van der Waals surface area contributed by atoms with E-state index in [4.69, 9.17) is 0 Å². The number of hydrogen-bond donors (Lipinski definition) is 2. The molecule has 0 amide bonds. The molecule has 2 heteroatoms. The van der Waals surface area contributed by atoms with Gasteiger partial charge in [-0.1, -0.05) is 43.7 Å². The number of aliphatic hydroxyl groups is 1. The van der Waals surface area contributed by atoms with E-state index >= 15 is 0 Å². The third-order valence-electron chi connectivity index (χ3n) is 3.34. The molecule has 3 atom stereocenters. The molecular weight excluding hydrogens is 222 g/mol. The van der Waals surface area contributed by atoms with Gasteiger partial charge >= 0.3 is 0 Å². The van der Waals surface area contributed by atoms with Crippen LogP contribution in [0.5, 0.6) is 0 Å². The minimum atomic E-state index is -0.207. The summed E-state index contributed by atoms with van der Waals surface area (Å²) in [5, 5.41) is 13.0. The van der Waals surface area contributed by atoms with Crippen LogP contribution < -0.4 is 5.32 Å². The first-order chi connectivity index (χ1) is 8.52. The Morgan fingerprint density at radius 3 is 2.28 bits per heavy atom. The van der Waals surface area contributed by atoms with Crippen LogP contribution in [0.25, 0.3) is 0 Å². The van der Waals surface area contributed by atoms with Crippen molar-refractivity contribution in [1.82, 2.24) is 5.32 Å². The zero-order chi connectivity index (χ0) is 13.5. The van der Waals surface area contributed by atoms with Crippen LogP contribution in [0.4, 0.5) is 0 Å². The van der Waals surface area contributed by atoms with Crippen molar-refractivity contribution in [3.8, 4) is 0 Å². The molecule has 3 unspecified atom stereocenters. The second kappa shape index (κ2) is 7.55. The van der Waals surface area contributed by atoms with Gasteiger partial charge in [0.15, 0.2) is 0 Å². The van der Waals surface area contributed by atoms with Gasteiger partial charge < -0.3 is 10.4 Å². The molecule has 2 N–H and O–H groups in total. The Morgan fingerprint density at radius 1 is 1.17 bits per heavy atom. The topological polar surface area (TPSA) is 32.3 Å². The van der Waals surface area contributed by atoms with Crippen LogP contribution in [0.3, 0.4) is 0 Å². The van der Waals surface area contributed by atoms with Gasteiger partial charge in [0.05, 0.1) is 6.10 Å². The van der Waals surface area contributed by atoms with Crippen LogP contribution in [-0.2, 0) is 0 Å². The third kappa shape index (κ3) is 5.19. The highest BCUT2D eigenvalue weighted by Crippen LogP contribution is 2.18. The van der Waals surface area contributed by atoms with Gasteiger partial charge in [0.2, 0.25) is 0 Å². The SMILES string of the molecule is CCC(NCC(C)CC(C)O)c1ccc(C)cc1. The van der Waals surface area contributed by atoms with Crippen molar-refractivity contribution in [2.45, 2.75) is 52.7 Å². The molecule has 18 heavy (non-hydrogen) atoms. The van der Waals surface area contributed by atoms with E-state index < -0.39 is 0 Å². The molecule has 0 aliphatic rings. The molecule has 2 nitrogen and oxygen atoms in total. The Kier molecular flexibility index (Phi) is 6.37. The fraction of sp³-hybridized carbons (Fsp3) is 0.625. The predicted molar refractivity (Wildman–Crippen MR) is 77.7 cm³/mol. The first-order valence-electron chi connectivity index (χ1n) is 7.01. The molecule has 0 heterocycles. The zero-order valence-corrected chi connectivity index (χ0v) is 12.1. The Balaban J connectivity index is 2.49. The number of aliphatic hydroxyl groups excluding tert-OH is 1. The van der Waals surface area contributed by atoms with Gasteiger partial charge in [-0.2, -0.15) is 0 Å². The first kappa shape index (κ1) is 15.2. The van der Waals surface area contributed by atoms with Crippen LogP contribution in [-0.4, -0.2) is 17.8 Å². The van der Waals surface area contributed by atoms with Crippen molar-refractivity contribution in [2.75, 3.05) is 6.54 Å². The van der Waals surface area contributed by atoms with Crippen molar-refractivity contribution >= 4 is 0 Å². The van der Waals surface area contributed by atoms with Crippen molar-refractivity contribution in [3.05, 3.63) is 35.4 Å². The van der Waals surface area contributed by atoms with Gasteiger partial charge in [0.1, 0.15) is 0 Å². The maximum Gasteiger partial charge on any atom is 0.0515 e. The third-order valence-corrected chi connectivity index (χ3v) is 3.34. The van der Waals surface area contributed by atoms with Gasteiger partial charge in [-0.3, -0.25) is 0 Å². The van der Waals surface area contributed by atoms with Crippen LogP contribution in [0.15, 0.2) is 24.3 Å². The molecule has 0 saturated heterocycles. The van der Waals surface area contributed by atoms with E-state index in [1.807, 2.05) is 6.92 Å². The average molecular weight is 249 g/mol. The Labute approximate surface area is 111 Å². The van der Waals surface area contributed by atoms with Gasteiger partial charge in [0.25, 0.3) is 0 Å². The van der Waals surface area contributed by atoms with Crippen LogP contribution >= 0.6 is 0 Å². The van der Waals surface area contributed by atoms with E-state index in [2.05, 4.69) is 50.4 Å². The molecule has 0 spiro atoms. The van der Waals surface area contributed by atoms with E-state index in [1.165, 1.54) is 11.1 Å². The first-order valence-corrected chi connectivity index (χ1v) is 7.01. The molecule has 0 fully saturated rings. The number of nitrogens with one attached hydrogen (secondary N) is 1. The largest absolute Gasteiger partial charge is 0.393 e. The summed E-state index contributed by atoms with van der Waals surface area (Å²) in [6.07, 6.45) is 1.74. The standard InChI is InChI=1S/C16H27NO/c1-5-16(15-8-6-12(2)7-9-15)17-11-13(3)10-14(4)18/h6-9,13-14,16-18H,5,10-11H2,1-4H3. The summed E-state index contributed by atoms with van der Waals surface area (Å²) >= 11 is 0. The molecular formula is C16H27NO. The van der Waals surface area contributed by atoms with Crippen molar-refractivity contribution in [3.63, 3.8) is 0 Å². The van der Waals surface area contributed by atoms with Crippen LogP contribution in [0.2, 0.25) is 0 Å². The normalized spacial score (nSPS) is 16.3. The summed E-state index contributed by atoms with van der Waals surface area (Å²) in [5.74, 6) is 0.504. The number of rotatable bonds is 7. The molecule has 0 radical (unpaired) electrons. The predicted octanol–water partition coefficient (Wildman–Crippen LogP) is 3.44. The second-order valence-corrected chi connectivity index (χ2v) is 5.47. The second-order valence-electron chi connectivity index (χ2n) is 5.47. The maximum absolute atomic E-state index is 9.36. The summed E-state index contributed by atoms with van der Waals surface area (Å²) in [4.78, 5) is 0. The lowest BCUT2D eigenvalue weighted by Crippen LogP contribution is -2.27. The Bertz CT molecular complexity index is 331. The van der Waals surface area contributed by atoms with Crippen molar-refractivity contribution in [2.24, 2.45) is 5.92 Å². The molecule has 0 bridgehead atoms. The lowest BCUT2D eigenvalue weighted by Gasteiger charge is -2.21. The summed E-state index contributed by atoms with van der Waals surface area (Å²) in [5.41, 5.74) is 2.66. The molecule has 102 valence electrons. The summed E-state index contributed by atoms with van der Waals surface area (Å²) in [6, 6.07) is 9.16. The van der Waals surface area contributed by atoms with E-state index in [-0.39, 0.29) is 6.10 Å². The fourth-order valence-electron chi connectivity index (χ4n) is 2.31. The Morgan fingerprint density at radius 2 is 1.78 bits per heavy atom. The number of aryl methyl sites for hydroxylation is 1. The molecule has 0 aromatic heterocycles. The van der Waals surface area contributed by atoms with Gasteiger partial charge in [0, 0.05) is 6.04 Å². The molecule has 1 aromatic rings. The van der Waals surface area contributed by atoms with Crippen molar-refractivity contribution < 1.29 is 5.11 Å². The van der Waals surface area contributed by atoms with Gasteiger partial charge in [-0.25, -0.2) is 0 Å². The minimum absolute atomic E-state index is 0.207. The minimum Gasteiger partial charge on any atom is -0.393 e. The monoisotopic (exact) mass is 249 g/mol. The number of hydrogen-bond acceptors (Lipinski definition) is 2. The highest BCUT2D eigenvalue weighted by atomic mass is 16.3. The zero-order valence-electron chi connectivity index (χ0n) is 12.1. The summed E-state index contributed by atoms with van der Waals surface area (Å²) in [7, 11) is 0. The smallest absolute Gasteiger partial charge is 0.0515 e. The summed E-state index contributed by atoms with van der Waals surface area (Å²) < 4.78 is 0. The maximum atomic E-state index is 9.36. The summed E-state index contributed by atoms with van der Waals surface area (Å²) in [6.45, 7) is 9.31. The Hall–Kier alpha value is -0.860. The van der Waals surface area contributed by atoms with E-state index in [0.29, 0.717) is 12.0 Å².